The molecular formula is C23H20FNO2. The van der Waals surface area contributed by atoms with Gasteiger partial charge >= 0.3 is 0 Å². The molecule has 1 aliphatic rings. The van der Waals surface area contributed by atoms with Crippen molar-refractivity contribution in [2.24, 2.45) is 0 Å². The van der Waals surface area contributed by atoms with Gasteiger partial charge in [0.25, 0.3) is 0 Å². The van der Waals surface area contributed by atoms with Gasteiger partial charge in [0.2, 0.25) is 0 Å². The molecule has 1 unspecified atom stereocenters. The highest BCUT2D eigenvalue weighted by atomic mass is 19.1. The maximum atomic E-state index is 13.2. The molecule has 0 aliphatic heterocycles. The van der Waals surface area contributed by atoms with E-state index < -0.39 is 0 Å². The largest absolute Gasteiger partial charge is 0.456 e. The maximum absolute atomic E-state index is 13.2. The fraction of sp³-hybridized carbons (Fsp3) is 0.174. The van der Waals surface area contributed by atoms with E-state index in [9.17, 15) is 9.18 Å². The first kappa shape index (κ1) is 17.4. The van der Waals surface area contributed by atoms with Crippen LogP contribution in [0.4, 0.5) is 4.39 Å². The molecule has 0 saturated carbocycles. The van der Waals surface area contributed by atoms with E-state index in [0.29, 0.717) is 22.9 Å². The summed E-state index contributed by atoms with van der Waals surface area (Å²) < 4.78 is 19.4. The minimum atomic E-state index is -0.366. The first-order valence-electron chi connectivity index (χ1n) is 9.01. The monoisotopic (exact) mass is 361 g/mol. The predicted molar refractivity (Wildman–Crippen MR) is 103 cm³/mol. The standard InChI is InChI=1S/C23H20FNO2/c1-25-18-13-16-5-4-8-22(20(16)14-18)27-21-7-3-2-6-19(21)23(26)15-9-11-17(24)12-10-15/h2-12,18,25H,13-14H2,1H3. The number of ketones is 1. The van der Waals surface area contributed by atoms with Crippen molar-refractivity contribution in [3.05, 3.63) is 94.8 Å². The molecule has 0 heterocycles. The highest BCUT2D eigenvalue weighted by Gasteiger charge is 2.24. The number of benzene rings is 3. The number of hydrogen-bond donors (Lipinski definition) is 1. The third kappa shape index (κ3) is 3.49. The van der Waals surface area contributed by atoms with Gasteiger partial charge in [-0.3, -0.25) is 4.79 Å². The summed E-state index contributed by atoms with van der Waals surface area (Å²) in [6.45, 7) is 0. The van der Waals surface area contributed by atoms with E-state index in [0.717, 1.165) is 18.6 Å². The van der Waals surface area contributed by atoms with Crippen molar-refractivity contribution >= 4 is 5.78 Å². The van der Waals surface area contributed by atoms with Crippen molar-refractivity contribution in [1.82, 2.24) is 5.32 Å². The molecule has 4 rings (SSSR count). The van der Waals surface area contributed by atoms with Crippen LogP contribution in [-0.2, 0) is 12.8 Å². The average molecular weight is 361 g/mol. The maximum Gasteiger partial charge on any atom is 0.196 e. The van der Waals surface area contributed by atoms with E-state index in [1.54, 1.807) is 18.2 Å². The lowest BCUT2D eigenvalue weighted by Gasteiger charge is -2.14. The summed E-state index contributed by atoms with van der Waals surface area (Å²) in [5.41, 5.74) is 3.35. The molecule has 27 heavy (non-hydrogen) atoms. The molecule has 3 nitrogen and oxygen atoms in total. The fourth-order valence-corrected chi connectivity index (χ4v) is 3.54. The van der Waals surface area contributed by atoms with Gasteiger partial charge in [-0.05, 0) is 73.5 Å². The van der Waals surface area contributed by atoms with Crippen LogP contribution in [0.5, 0.6) is 11.5 Å². The van der Waals surface area contributed by atoms with Crippen LogP contribution < -0.4 is 10.1 Å². The molecule has 0 amide bonds. The lowest BCUT2D eigenvalue weighted by atomic mass is 10.0. The van der Waals surface area contributed by atoms with E-state index in [1.807, 2.05) is 25.2 Å². The Balaban J connectivity index is 1.66. The molecule has 0 radical (unpaired) electrons. The van der Waals surface area contributed by atoms with Gasteiger partial charge in [-0.1, -0.05) is 24.3 Å². The average Bonchev–Trinajstić information content (AvgIpc) is 3.13. The number of halogens is 1. The number of likely N-dealkylation sites (N-methyl/N-ethyl adjacent to an activating group) is 1. The summed E-state index contributed by atoms with van der Waals surface area (Å²) in [6, 6.07) is 19.2. The van der Waals surface area contributed by atoms with Gasteiger partial charge in [0.1, 0.15) is 17.3 Å². The van der Waals surface area contributed by atoms with Crippen LogP contribution in [-0.4, -0.2) is 18.9 Å². The van der Waals surface area contributed by atoms with Gasteiger partial charge in [-0.15, -0.1) is 0 Å². The Morgan fingerprint density at radius 3 is 2.48 bits per heavy atom. The Hall–Kier alpha value is -2.98. The van der Waals surface area contributed by atoms with E-state index in [2.05, 4.69) is 11.4 Å². The van der Waals surface area contributed by atoms with Crippen molar-refractivity contribution in [3.8, 4) is 11.5 Å². The molecule has 0 fully saturated rings. The Morgan fingerprint density at radius 1 is 0.963 bits per heavy atom. The molecule has 0 saturated heterocycles. The second-order valence-corrected chi connectivity index (χ2v) is 6.72. The Bertz CT molecular complexity index is 982. The third-order valence-corrected chi connectivity index (χ3v) is 5.01. The molecule has 1 atom stereocenters. The molecule has 136 valence electrons. The molecule has 0 bridgehead atoms. The highest BCUT2D eigenvalue weighted by molar-refractivity contribution is 6.10. The summed E-state index contributed by atoms with van der Waals surface area (Å²) in [7, 11) is 1.97. The normalized spacial score (nSPS) is 15.4. The molecule has 0 aromatic heterocycles. The number of carbonyl (C=O) groups excluding carboxylic acids is 1. The zero-order chi connectivity index (χ0) is 18.8. The lowest BCUT2D eigenvalue weighted by molar-refractivity contribution is 0.103. The minimum absolute atomic E-state index is 0.189. The SMILES string of the molecule is CNC1Cc2cccc(Oc3ccccc3C(=O)c3ccc(F)cc3)c2C1. The number of carbonyl (C=O) groups is 1. The number of hydrogen-bond acceptors (Lipinski definition) is 3. The lowest BCUT2D eigenvalue weighted by Crippen LogP contribution is -2.24. The van der Waals surface area contributed by atoms with Gasteiger partial charge in [-0.25, -0.2) is 4.39 Å². The molecule has 0 spiro atoms. The van der Waals surface area contributed by atoms with E-state index in [-0.39, 0.29) is 11.6 Å². The molecule has 1 N–H and O–H groups in total. The van der Waals surface area contributed by atoms with Crippen LogP contribution in [0.3, 0.4) is 0 Å². The summed E-state index contributed by atoms with van der Waals surface area (Å²) in [5.74, 6) is 0.735. The number of fused-ring (bicyclic) bond motifs is 1. The van der Waals surface area contributed by atoms with Crippen LogP contribution in [0, 0.1) is 5.82 Å². The quantitative estimate of drug-likeness (QED) is 0.678. The van der Waals surface area contributed by atoms with E-state index in [4.69, 9.17) is 4.74 Å². The zero-order valence-corrected chi connectivity index (χ0v) is 15.0. The van der Waals surface area contributed by atoms with Gasteiger partial charge in [0, 0.05) is 11.6 Å². The Kier molecular flexibility index (Phi) is 4.73. The molecule has 1 aliphatic carbocycles. The van der Waals surface area contributed by atoms with Crippen LogP contribution in [0.2, 0.25) is 0 Å². The van der Waals surface area contributed by atoms with Crippen molar-refractivity contribution in [3.63, 3.8) is 0 Å². The second-order valence-electron chi connectivity index (χ2n) is 6.72. The summed E-state index contributed by atoms with van der Waals surface area (Å²) in [6.07, 6.45) is 1.87. The summed E-state index contributed by atoms with van der Waals surface area (Å²) >= 11 is 0. The zero-order valence-electron chi connectivity index (χ0n) is 15.0. The summed E-state index contributed by atoms with van der Waals surface area (Å²) in [5, 5.41) is 3.32. The van der Waals surface area contributed by atoms with Crippen LogP contribution in [0.15, 0.2) is 66.7 Å². The van der Waals surface area contributed by atoms with E-state index >= 15 is 0 Å². The van der Waals surface area contributed by atoms with E-state index in [1.165, 1.54) is 35.4 Å². The molecular weight excluding hydrogens is 341 g/mol. The predicted octanol–water partition coefficient (Wildman–Crippen LogP) is 4.54. The summed E-state index contributed by atoms with van der Waals surface area (Å²) in [4.78, 5) is 12.9. The van der Waals surface area contributed by atoms with Crippen LogP contribution >= 0.6 is 0 Å². The van der Waals surface area contributed by atoms with Crippen molar-refractivity contribution in [2.45, 2.75) is 18.9 Å². The first-order valence-corrected chi connectivity index (χ1v) is 9.01. The first-order chi connectivity index (χ1) is 13.2. The van der Waals surface area contributed by atoms with Gasteiger partial charge in [0.05, 0.1) is 5.56 Å². The number of para-hydroxylation sites is 1. The van der Waals surface area contributed by atoms with Crippen LogP contribution in [0.25, 0.3) is 0 Å². The van der Waals surface area contributed by atoms with Gasteiger partial charge in [0.15, 0.2) is 5.78 Å². The topological polar surface area (TPSA) is 38.3 Å². The number of rotatable bonds is 5. The third-order valence-electron chi connectivity index (χ3n) is 5.01. The highest BCUT2D eigenvalue weighted by Crippen LogP contribution is 2.35. The molecule has 3 aromatic rings. The Morgan fingerprint density at radius 2 is 1.70 bits per heavy atom. The van der Waals surface area contributed by atoms with Gasteiger partial charge < -0.3 is 10.1 Å². The van der Waals surface area contributed by atoms with Crippen molar-refractivity contribution in [2.75, 3.05) is 7.05 Å². The fourth-order valence-electron chi connectivity index (χ4n) is 3.54. The van der Waals surface area contributed by atoms with Crippen molar-refractivity contribution < 1.29 is 13.9 Å². The Labute approximate surface area is 157 Å². The minimum Gasteiger partial charge on any atom is -0.456 e. The second kappa shape index (κ2) is 7.33. The van der Waals surface area contributed by atoms with Crippen molar-refractivity contribution in [1.29, 1.82) is 0 Å². The molecule has 4 heteroatoms. The van der Waals surface area contributed by atoms with Gasteiger partial charge in [-0.2, -0.15) is 0 Å². The number of nitrogens with one attached hydrogen (secondary N) is 1. The number of ether oxygens (including phenoxy) is 1. The molecule has 3 aromatic carbocycles. The van der Waals surface area contributed by atoms with Crippen LogP contribution in [0.1, 0.15) is 27.0 Å². The smallest absolute Gasteiger partial charge is 0.196 e.